The molecular weight excluding hydrogens is 451 g/mol. The maximum Gasteiger partial charge on any atom is 0.191 e. The third kappa shape index (κ3) is 5.98. The van der Waals surface area contributed by atoms with Gasteiger partial charge in [-0.3, -0.25) is 4.99 Å². The highest BCUT2D eigenvalue weighted by Gasteiger charge is 2.23. The van der Waals surface area contributed by atoms with Crippen LogP contribution in [0.3, 0.4) is 0 Å². The summed E-state index contributed by atoms with van der Waals surface area (Å²) in [6.07, 6.45) is 2.95. The van der Waals surface area contributed by atoms with Crippen molar-refractivity contribution in [2.24, 2.45) is 4.99 Å². The number of hydrogen-bond acceptors (Lipinski definition) is 4. The van der Waals surface area contributed by atoms with Crippen LogP contribution >= 0.6 is 24.0 Å². The van der Waals surface area contributed by atoms with Gasteiger partial charge in [-0.15, -0.1) is 24.0 Å². The van der Waals surface area contributed by atoms with Crippen molar-refractivity contribution in [3.8, 4) is 0 Å². The van der Waals surface area contributed by atoms with E-state index >= 15 is 0 Å². The van der Waals surface area contributed by atoms with E-state index in [1.807, 2.05) is 38.3 Å². The van der Waals surface area contributed by atoms with Crippen LogP contribution in [0, 0.1) is 0 Å². The summed E-state index contributed by atoms with van der Waals surface area (Å²) >= 11 is 0. The van der Waals surface area contributed by atoms with Gasteiger partial charge in [-0.2, -0.15) is 0 Å². The first-order chi connectivity index (χ1) is 12.7. The molecule has 6 nitrogen and oxygen atoms in total. The molecule has 1 atom stereocenters. The molecule has 3 rings (SSSR count). The summed E-state index contributed by atoms with van der Waals surface area (Å²) in [6, 6.07) is 15.1. The number of benzene rings is 1. The number of aromatic nitrogens is 1. The van der Waals surface area contributed by atoms with Gasteiger partial charge in [0.15, 0.2) is 5.96 Å². The minimum atomic E-state index is 0. The van der Waals surface area contributed by atoms with E-state index in [1.165, 1.54) is 11.3 Å². The Hall–Kier alpha value is -2.03. The van der Waals surface area contributed by atoms with E-state index in [0.29, 0.717) is 6.04 Å². The van der Waals surface area contributed by atoms with Crippen LogP contribution in [0.4, 0.5) is 11.5 Å². The van der Waals surface area contributed by atoms with E-state index in [4.69, 9.17) is 0 Å². The summed E-state index contributed by atoms with van der Waals surface area (Å²) in [5.41, 5.74) is 2.47. The normalized spacial score (nSPS) is 16.6. The number of hydrogen-bond donors (Lipinski definition) is 2. The van der Waals surface area contributed by atoms with E-state index in [1.54, 1.807) is 0 Å². The number of guanidine groups is 1. The van der Waals surface area contributed by atoms with Gasteiger partial charge in [-0.25, -0.2) is 4.98 Å². The summed E-state index contributed by atoms with van der Waals surface area (Å²) in [5.74, 6) is 1.80. The molecule has 1 aliphatic heterocycles. The molecular formula is C20H29IN6. The number of nitrogens with zero attached hydrogens (tertiary/aromatic N) is 4. The SMILES string of the molecule is CN=C(NCc1ccnc(N(C)C)c1)NC1CCN(c2ccccc2)C1.I. The molecule has 0 aliphatic carbocycles. The minimum absolute atomic E-state index is 0. The molecule has 1 aromatic heterocycles. The van der Waals surface area contributed by atoms with Gasteiger partial charge in [-0.05, 0) is 36.2 Å². The molecule has 0 saturated carbocycles. The Labute approximate surface area is 179 Å². The Morgan fingerprint density at radius 3 is 2.74 bits per heavy atom. The van der Waals surface area contributed by atoms with Crippen LogP contribution in [-0.2, 0) is 6.54 Å². The second-order valence-corrected chi connectivity index (χ2v) is 6.75. The van der Waals surface area contributed by atoms with E-state index in [0.717, 1.165) is 37.8 Å². The Bertz CT molecular complexity index is 734. The van der Waals surface area contributed by atoms with Crippen LogP contribution in [0.2, 0.25) is 0 Å². The van der Waals surface area contributed by atoms with Crippen LogP contribution < -0.4 is 20.4 Å². The highest BCUT2D eigenvalue weighted by molar-refractivity contribution is 14.0. The maximum absolute atomic E-state index is 4.37. The quantitative estimate of drug-likeness (QED) is 0.392. The van der Waals surface area contributed by atoms with E-state index in [-0.39, 0.29) is 24.0 Å². The summed E-state index contributed by atoms with van der Waals surface area (Å²) in [5, 5.41) is 6.95. The molecule has 1 aliphatic rings. The summed E-state index contributed by atoms with van der Waals surface area (Å²) in [4.78, 5) is 13.1. The van der Waals surface area contributed by atoms with E-state index in [2.05, 4.69) is 61.9 Å². The number of para-hydroxylation sites is 1. The third-order valence-electron chi connectivity index (χ3n) is 4.60. The topological polar surface area (TPSA) is 55.8 Å². The number of nitrogens with one attached hydrogen (secondary N) is 2. The molecule has 0 amide bonds. The summed E-state index contributed by atoms with van der Waals surface area (Å²) in [7, 11) is 5.81. The van der Waals surface area contributed by atoms with E-state index in [9.17, 15) is 0 Å². The molecule has 0 radical (unpaired) electrons. The average Bonchev–Trinajstić information content (AvgIpc) is 3.14. The average molecular weight is 480 g/mol. The fraction of sp³-hybridized carbons (Fsp3) is 0.400. The monoisotopic (exact) mass is 480 g/mol. The minimum Gasteiger partial charge on any atom is -0.369 e. The van der Waals surface area contributed by atoms with Gasteiger partial charge >= 0.3 is 0 Å². The predicted molar refractivity (Wildman–Crippen MR) is 124 cm³/mol. The second-order valence-electron chi connectivity index (χ2n) is 6.75. The summed E-state index contributed by atoms with van der Waals surface area (Å²) in [6.45, 7) is 2.78. The van der Waals surface area contributed by atoms with Gasteiger partial charge in [0, 0.05) is 58.7 Å². The standard InChI is InChI=1S/C20H28N6.HI/c1-21-20(23-14-16-9-11-22-19(13-16)25(2)3)24-17-10-12-26(15-17)18-7-5-4-6-8-18;/h4-9,11,13,17H,10,12,14-15H2,1-3H3,(H2,21,23,24);1H. The van der Waals surface area contributed by atoms with Crippen molar-refractivity contribution < 1.29 is 0 Å². The van der Waals surface area contributed by atoms with Crippen LogP contribution in [0.5, 0.6) is 0 Å². The zero-order chi connectivity index (χ0) is 18.4. The molecule has 27 heavy (non-hydrogen) atoms. The van der Waals surface area contributed by atoms with Crippen LogP contribution in [-0.4, -0.2) is 51.2 Å². The second kappa shape index (κ2) is 10.3. The highest BCUT2D eigenvalue weighted by Crippen LogP contribution is 2.19. The van der Waals surface area contributed by atoms with E-state index < -0.39 is 0 Å². The van der Waals surface area contributed by atoms with Crippen LogP contribution in [0.15, 0.2) is 53.7 Å². The number of pyridine rings is 1. The van der Waals surface area contributed by atoms with Crippen molar-refractivity contribution in [1.82, 2.24) is 15.6 Å². The molecule has 1 unspecified atom stereocenters. The maximum atomic E-state index is 4.37. The van der Waals surface area contributed by atoms with Crippen molar-refractivity contribution in [1.29, 1.82) is 0 Å². The van der Waals surface area contributed by atoms with Crippen molar-refractivity contribution >= 4 is 41.4 Å². The number of anilines is 2. The lowest BCUT2D eigenvalue weighted by Gasteiger charge is -2.20. The molecule has 2 N–H and O–H groups in total. The highest BCUT2D eigenvalue weighted by atomic mass is 127. The molecule has 0 spiro atoms. The first-order valence-corrected chi connectivity index (χ1v) is 9.05. The lowest BCUT2D eigenvalue weighted by molar-refractivity contribution is 0.648. The third-order valence-corrected chi connectivity index (χ3v) is 4.60. The smallest absolute Gasteiger partial charge is 0.191 e. The van der Waals surface area contributed by atoms with Gasteiger partial charge in [0.25, 0.3) is 0 Å². The molecule has 146 valence electrons. The van der Waals surface area contributed by atoms with Gasteiger partial charge in [0.05, 0.1) is 0 Å². The first-order valence-electron chi connectivity index (χ1n) is 9.05. The van der Waals surface area contributed by atoms with Crippen LogP contribution in [0.1, 0.15) is 12.0 Å². The Balaban J connectivity index is 0.00000261. The molecule has 0 bridgehead atoms. The van der Waals surface area contributed by atoms with Crippen molar-refractivity contribution in [3.05, 3.63) is 54.2 Å². The molecule has 1 aromatic carbocycles. The van der Waals surface area contributed by atoms with Crippen molar-refractivity contribution in [2.75, 3.05) is 44.0 Å². The van der Waals surface area contributed by atoms with Gasteiger partial charge in [0.1, 0.15) is 5.82 Å². The number of rotatable bonds is 5. The number of aliphatic imine (C=N–C) groups is 1. The zero-order valence-corrected chi connectivity index (χ0v) is 18.6. The lowest BCUT2D eigenvalue weighted by Crippen LogP contribution is -2.44. The molecule has 1 saturated heterocycles. The Morgan fingerprint density at radius 1 is 1.26 bits per heavy atom. The molecule has 2 heterocycles. The van der Waals surface area contributed by atoms with Crippen molar-refractivity contribution in [3.63, 3.8) is 0 Å². The molecule has 1 fully saturated rings. The first kappa shape index (κ1) is 21.3. The zero-order valence-electron chi connectivity index (χ0n) is 16.2. The van der Waals surface area contributed by atoms with Gasteiger partial charge in [0.2, 0.25) is 0 Å². The fourth-order valence-corrected chi connectivity index (χ4v) is 3.14. The lowest BCUT2D eigenvalue weighted by atomic mass is 10.2. The number of halogens is 1. The summed E-state index contributed by atoms with van der Waals surface area (Å²) < 4.78 is 0. The Kier molecular flexibility index (Phi) is 8.15. The van der Waals surface area contributed by atoms with Crippen molar-refractivity contribution in [2.45, 2.75) is 19.0 Å². The molecule has 7 heteroatoms. The molecule has 2 aromatic rings. The van der Waals surface area contributed by atoms with Gasteiger partial charge < -0.3 is 20.4 Å². The predicted octanol–water partition coefficient (Wildman–Crippen LogP) is 2.71. The van der Waals surface area contributed by atoms with Gasteiger partial charge in [-0.1, -0.05) is 18.2 Å². The Morgan fingerprint density at radius 2 is 2.04 bits per heavy atom. The largest absolute Gasteiger partial charge is 0.369 e. The fourth-order valence-electron chi connectivity index (χ4n) is 3.14. The van der Waals surface area contributed by atoms with Crippen LogP contribution in [0.25, 0.3) is 0 Å².